The third-order valence-corrected chi connectivity index (χ3v) is 3.37. The summed E-state index contributed by atoms with van der Waals surface area (Å²) in [6.07, 6.45) is 10.1. The summed E-state index contributed by atoms with van der Waals surface area (Å²) < 4.78 is 0. The highest BCUT2D eigenvalue weighted by Crippen LogP contribution is 2.15. The maximum Gasteiger partial charge on any atom is 0.0267 e. The molecule has 2 aliphatic heterocycles. The predicted molar refractivity (Wildman–Crippen MR) is 60.1 cm³/mol. The minimum atomic E-state index is 0.631. The lowest BCUT2D eigenvalue weighted by atomic mass is 9.96. The largest absolute Gasteiger partial charge is 0.378 e. The van der Waals surface area contributed by atoms with Gasteiger partial charge in [0.05, 0.1) is 0 Å². The van der Waals surface area contributed by atoms with Gasteiger partial charge in [0.1, 0.15) is 0 Å². The smallest absolute Gasteiger partial charge is 0.0267 e. The first-order chi connectivity index (χ1) is 6.84. The number of likely N-dealkylation sites (tertiary alicyclic amines) is 1. The monoisotopic (exact) mass is 194 g/mol. The van der Waals surface area contributed by atoms with Crippen LogP contribution in [0.15, 0.2) is 12.3 Å². The van der Waals surface area contributed by atoms with E-state index in [0.29, 0.717) is 6.04 Å². The second-order valence-electron chi connectivity index (χ2n) is 4.78. The number of hydrogen-bond acceptors (Lipinski definition) is 2. The third-order valence-electron chi connectivity index (χ3n) is 3.37. The molecule has 0 aromatic rings. The number of hydrogen-bond donors (Lipinski definition) is 1. The Bertz CT molecular complexity index is 186. The molecule has 2 unspecified atom stereocenters. The molecule has 2 aliphatic rings. The normalized spacial score (nSPS) is 34.2. The number of rotatable bonds is 2. The second-order valence-corrected chi connectivity index (χ2v) is 4.78. The molecule has 1 N–H and O–H groups in total. The van der Waals surface area contributed by atoms with Gasteiger partial charge in [-0.25, -0.2) is 0 Å². The van der Waals surface area contributed by atoms with Gasteiger partial charge in [-0.2, -0.15) is 0 Å². The molecule has 0 radical (unpaired) electrons. The maximum atomic E-state index is 3.58. The van der Waals surface area contributed by atoms with Crippen LogP contribution in [-0.2, 0) is 0 Å². The van der Waals surface area contributed by atoms with E-state index in [0.717, 1.165) is 5.92 Å². The standard InChI is InChI=1S/C12H22N2/c1-11-4-5-12(13-10-11)6-9-14-7-2-3-8-14/h6,9,11-13H,2-5,7-8,10H2,1H3. The molecule has 0 amide bonds. The summed E-state index contributed by atoms with van der Waals surface area (Å²) >= 11 is 0. The van der Waals surface area contributed by atoms with Gasteiger partial charge in [-0.05, 0) is 44.3 Å². The van der Waals surface area contributed by atoms with Gasteiger partial charge in [0.2, 0.25) is 0 Å². The van der Waals surface area contributed by atoms with Crippen LogP contribution in [0.3, 0.4) is 0 Å². The van der Waals surface area contributed by atoms with Crippen molar-refractivity contribution in [1.82, 2.24) is 10.2 Å². The minimum absolute atomic E-state index is 0.631. The van der Waals surface area contributed by atoms with Crippen LogP contribution in [0.4, 0.5) is 0 Å². The van der Waals surface area contributed by atoms with E-state index in [-0.39, 0.29) is 0 Å². The summed E-state index contributed by atoms with van der Waals surface area (Å²) in [5.74, 6) is 0.867. The van der Waals surface area contributed by atoms with Crippen LogP contribution in [0.5, 0.6) is 0 Å². The fourth-order valence-electron chi connectivity index (χ4n) is 2.30. The van der Waals surface area contributed by atoms with E-state index in [1.807, 2.05) is 0 Å². The number of piperidine rings is 1. The average Bonchev–Trinajstić information content (AvgIpc) is 2.70. The van der Waals surface area contributed by atoms with Gasteiger partial charge in [0.25, 0.3) is 0 Å². The third kappa shape index (κ3) is 2.74. The zero-order valence-corrected chi connectivity index (χ0v) is 9.21. The van der Waals surface area contributed by atoms with E-state index in [1.165, 1.54) is 45.3 Å². The van der Waals surface area contributed by atoms with Gasteiger partial charge >= 0.3 is 0 Å². The van der Waals surface area contributed by atoms with Gasteiger partial charge < -0.3 is 10.2 Å². The molecule has 0 aromatic heterocycles. The summed E-state index contributed by atoms with van der Waals surface area (Å²) in [6, 6.07) is 0.631. The van der Waals surface area contributed by atoms with Gasteiger partial charge in [0.15, 0.2) is 0 Å². The quantitative estimate of drug-likeness (QED) is 0.723. The summed E-state index contributed by atoms with van der Waals surface area (Å²) in [6.45, 7) is 6.04. The molecule has 2 nitrogen and oxygen atoms in total. The van der Waals surface area contributed by atoms with Crippen molar-refractivity contribution < 1.29 is 0 Å². The highest BCUT2D eigenvalue weighted by atomic mass is 15.1. The molecule has 0 saturated carbocycles. The summed E-state index contributed by atoms with van der Waals surface area (Å²) in [7, 11) is 0. The van der Waals surface area contributed by atoms with Crippen molar-refractivity contribution >= 4 is 0 Å². The van der Waals surface area contributed by atoms with E-state index < -0.39 is 0 Å². The Balaban J connectivity index is 1.73. The van der Waals surface area contributed by atoms with Crippen LogP contribution in [0.1, 0.15) is 32.6 Å². The lowest BCUT2D eigenvalue weighted by molar-refractivity contribution is 0.358. The Labute approximate surface area is 87.4 Å². The zero-order valence-electron chi connectivity index (χ0n) is 9.21. The highest BCUT2D eigenvalue weighted by Gasteiger charge is 2.15. The maximum absolute atomic E-state index is 3.58. The lowest BCUT2D eigenvalue weighted by Gasteiger charge is -2.26. The molecular formula is C12H22N2. The van der Waals surface area contributed by atoms with E-state index in [4.69, 9.17) is 0 Å². The SMILES string of the molecule is CC1CCC(C=CN2CCCC2)NC1. The Kier molecular flexibility index (Phi) is 3.46. The average molecular weight is 194 g/mol. The van der Waals surface area contributed by atoms with E-state index >= 15 is 0 Å². The van der Waals surface area contributed by atoms with E-state index in [1.54, 1.807) is 0 Å². The first-order valence-electron chi connectivity index (χ1n) is 6.00. The predicted octanol–water partition coefficient (Wildman–Crippen LogP) is 1.98. The van der Waals surface area contributed by atoms with Crippen LogP contribution >= 0.6 is 0 Å². The fraction of sp³-hybridized carbons (Fsp3) is 0.833. The molecular weight excluding hydrogens is 172 g/mol. The van der Waals surface area contributed by atoms with Crippen LogP contribution in [-0.4, -0.2) is 30.6 Å². The van der Waals surface area contributed by atoms with Crippen LogP contribution in [0.2, 0.25) is 0 Å². The van der Waals surface area contributed by atoms with Gasteiger partial charge in [0, 0.05) is 19.1 Å². The van der Waals surface area contributed by atoms with Crippen molar-refractivity contribution in [3.8, 4) is 0 Å². The van der Waals surface area contributed by atoms with Gasteiger partial charge in [-0.15, -0.1) is 0 Å². The summed E-state index contributed by atoms with van der Waals surface area (Å²) in [5.41, 5.74) is 0. The Hall–Kier alpha value is -0.500. The van der Waals surface area contributed by atoms with Gasteiger partial charge in [-0.3, -0.25) is 0 Å². The Morgan fingerprint density at radius 2 is 2.00 bits per heavy atom. The van der Waals surface area contributed by atoms with Crippen molar-refractivity contribution in [2.45, 2.75) is 38.6 Å². The molecule has 0 bridgehead atoms. The lowest BCUT2D eigenvalue weighted by Crippen LogP contribution is -2.36. The molecule has 2 heteroatoms. The minimum Gasteiger partial charge on any atom is -0.378 e. The van der Waals surface area contributed by atoms with Crippen LogP contribution < -0.4 is 5.32 Å². The first-order valence-corrected chi connectivity index (χ1v) is 6.00. The molecule has 0 aliphatic carbocycles. The molecule has 2 atom stereocenters. The van der Waals surface area contributed by atoms with E-state index in [9.17, 15) is 0 Å². The topological polar surface area (TPSA) is 15.3 Å². The van der Waals surface area contributed by atoms with E-state index in [2.05, 4.69) is 29.4 Å². The molecule has 80 valence electrons. The van der Waals surface area contributed by atoms with Gasteiger partial charge in [-0.1, -0.05) is 13.0 Å². The second kappa shape index (κ2) is 4.83. The summed E-state index contributed by atoms with van der Waals surface area (Å²) in [5, 5.41) is 3.58. The molecule has 0 aromatic carbocycles. The number of nitrogens with zero attached hydrogens (tertiary/aromatic N) is 1. The Morgan fingerprint density at radius 3 is 2.64 bits per heavy atom. The molecule has 2 rings (SSSR count). The van der Waals surface area contributed by atoms with Crippen LogP contribution in [0, 0.1) is 5.92 Å². The molecule has 0 spiro atoms. The van der Waals surface area contributed by atoms with Crippen molar-refractivity contribution in [3.63, 3.8) is 0 Å². The van der Waals surface area contributed by atoms with Crippen molar-refractivity contribution in [1.29, 1.82) is 0 Å². The highest BCUT2D eigenvalue weighted by molar-refractivity contribution is 4.96. The summed E-state index contributed by atoms with van der Waals surface area (Å²) in [4.78, 5) is 2.44. The zero-order chi connectivity index (χ0) is 9.80. The van der Waals surface area contributed by atoms with Crippen molar-refractivity contribution in [2.75, 3.05) is 19.6 Å². The van der Waals surface area contributed by atoms with Crippen molar-refractivity contribution in [3.05, 3.63) is 12.3 Å². The fourth-order valence-corrected chi connectivity index (χ4v) is 2.30. The molecule has 2 saturated heterocycles. The number of nitrogens with one attached hydrogen (secondary N) is 1. The van der Waals surface area contributed by atoms with Crippen molar-refractivity contribution in [2.24, 2.45) is 5.92 Å². The molecule has 14 heavy (non-hydrogen) atoms. The molecule has 2 fully saturated rings. The van der Waals surface area contributed by atoms with Crippen LogP contribution in [0.25, 0.3) is 0 Å². The molecule has 2 heterocycles. The first kappa shape index (κ1) is 10.0. The Morgan fingerprint density at radius 1 is 1.21 bits per heavy atom.